The number of benzene rings is 11. The second-order valence-corrected chi connectivity index (χ2v) is 26.7. The van der Waals surface area contributed by atoms with E-state index in [0.29, 0.717) is 5.56 Å². The van der Waals surface area contributed by atoms with Gasteiger partial charge in [-0.2, -0.15) is 0 Å². The molecule has 14 aromatic rings. The molecule has 5 heteroatoms. The van der Waals surface area contributed by atoms with Crippen molar-refractivity contribution in [3.8, 4) is 34.3 Å². The molecule has 4 nitrogen and oxygen atoms in total. The molecule has 0 amide bonds. The Morgan fingerprint density at radius 2 is 0.569 bits per heavy atom. The molecule has 3 aromatic heterocycles. The van der Waals surface area contributed by atoms with Crippen LogP contribution in [0.5, 0.6) is 0 Å². The van der Waals surface area contributed by atoms with Crippen LogP contribution in [-0.2, 0) is 0 Å². The minimum atomic E-state index is -3.94. The Labute approximate surface area is 419 Å². The van der Waals surface area contributed by atoms with Gasteiger partial charge in [-0.3, -0.25) is 0 Å². The summed E-state index contributed by atoms with van der Waals surface area (Å²) in [5.74, 6) is 0. The third-order valence-corrected chi connectivity index (χ3v) is 25.0. The number of para-hydroxylation sites is 6. The molecule has 0 spiro atoms. The van der Waals surface area contributed by atoms with Gasteiger partial charge in [-0.15, -0.1) is 0 Å². The zero-order valence-electron chi connectivity index (χ0n) is 39.2. The Bertz CT molecular complexity index is 4070. The van der Waals surface area contributed by atoms with E-state index in [4.69, 9.17) is 0 Å². The van der Waals surface area contributed by atoms with Gasteiger partial charge in [-0.1, -0.05) is 0 Å². The Morgan fingerprint density at radius 3 is 0.903 bits per heavy atom. The van der Waals surface area contributed by atoms with E-state index < -0.39 is 13.3 Å². The molecule has 0 fully saturated rings. The summed E-state index contributed by atoms with van der Waals surface area (Å²) < 4.78 is 12.4. The molecule has 0 saturated carbocycles. The summed E-state index contributed by atoms with van der Waals surface area (Å²) in [6, 6.07) is 100. The maximum atomic E-state index is 11.8. The maximum absolute atomic E-state index is 11.8. The van der Waals surface area contributed by atoms with Crippen LogP contribution in [0.1, 0.15) is 5.56 Å². The number of rotatable bonds is 8. The van der Waals surface area contributed by atoms with Gasteiger partial charge in [0.25, 0.3) is 0 Å². The van der Waals surface area contributed by atoms with E-state index in [2.05, 4.69) is 287 Å². The average Bonchev–Trinajstić information content (AvgIpc) is 4.10. The summed E-state index contributed by atoms with van der Waals surface area (Å²) in [6.07, 6.45) is 0. The third kappa shape index (κ3) is 6.24. The summed E-state index contributed by atoms with van der Waals surface area (Å²) in [6.45, 7) is 0. The molecule has 3 heterocycles. The van der Waals surface area contributed by atoms with Gasteiger partial charge in [0.2, 0.25) is 0 Å². The molecule has 0 unspecified atom stereocenters. The summed E-state index contributed by atoms with van der Waals surface area (Å²) in [4.78, 5) is 0. The Morgan fingerprint density at radius 1 is 0.278 bits per heavy atom. The number of hydrogen-bond acceptors (Lipinski definition) is 1. The number of hydrogen-bond donors (Lipinski definition) is 0. The SMILES string of the molecule is N#Cc1c(-n2c3ccccc3c3ccccc32)cc(-c2cc(-n3c4ccccc4c4ccccc43)c[c]([Ge]([c]3ccccc3)([c]3ccccc3)[c]3ccccc3)c2)cc1-n1c2ccccc2c2ccccc21. The monoisotopic (exact) mass is 978 g/mol. The van der Waals surface area contributed by atoms with Gasteiger partial charge in [-0.25, -0.2) is 0 Å². The number of aromatic nitrogens is 3. The fraction of sp³-hybridized carbons (Fsp3) is 0. The van der Waals surface area contributed by atoms with E-state index in [1.165, 1.54) is 28.4 Å². The fourth-order valence-electron chi connectivity index (χ4n) is 12.0. The van der Waals surface area contributed by atoms with E-state index in [1.54, 1.807) is 0 Å². The molecule has 0 atom stereocenters. The van der Waals surface area contributed by atoms with Crippen molar-refractivity contribution in [1.82, 2.24) is 13.7 Å². The molecule has 14 rings (SSSR count). The Balaban J connectivity index is 1.18. The molecule has 0 aliphatic carbocycles. The molecule has 0 aliphatic rings. The molecule has 11 aromatic carbocycles. The quantitative estimate of drug-likeness (QED) is 0.140. The minimum absolute atomic E-state index is 0.598. The average molecular weight is 978 g/mol. The van der Waals surface area contributed by atoms with Crippen LogP contribution in [0.4, 0.5) is 0 Å². The normalized spacial score (nSPS) is 11.9. The Kier molecular flexibility index (Phi) is 9.74. The molecule has 336 valence electrons. The molecule has 72 heavy (non-hydrogen) atoms. The van der Waals surface area contributed by atoms with Gasteiger partial charge in [0.1, 0.15) is 0 Å². The summed E-state index contributed by atoms with van der Waals surface area (Å²) in [5.41, 5.74) is 11.9. The molecule has 0 bridgehead atoms. The topological polar surface area (TPSA) is 38.6 Å². The number of nitriles is 1. The first kappa shape index (κ1) is 41.8. The zero-order valence-corrected chi connectivity index (χ0v) is 41.3. The van der Waals surface area contributed by atoms with Crippen LogP contribution < -0.4 is 17.6 Å². The molecule has 0 N–H and O–H groups in total. The molecular formula is C67H44GeN4. The summed E-state index contributed by atoms with van der Waals surface area (Å²) >= 11 is -3.94. The first-order chi connectivity index (χ1) is 35.7. The van der Waals surface area contributed by atoms with Crippen molar-refractivity contribution in [3.63, 3.8) is 0 Å². The first-order valence-electron chi connectivity index (χ1n) is 24.6. The van der Waals surface area contributed by atoms with Crippen molar-refractivity contribution in [2.75, 3.05) is 0 Å². The van der Waals surface area contributed by atoms with E-state index >= 15 is 0 Å². The van der Waals surface area contributed by atoms with Crippen LogP contribution >= 0.6 is 0 Å². The standard InChI is InChI=1S/C67H44GeN4/c69-45-59-66(71-62-36-18-12-30-55(62)56-31-13-19-37-63(56)71)42-47(43-67(59)72-64-38-20-14-32-57(64)58-33-15-21-39-65(58)72)46-40-51(44-52(41-46)70-60-34-16-10-28-53(60)54-29-11-17-35-61(54)70)68(48-22-4-1-5-23-48,49-24-6-2-7-25-49)50-26-8-3-9-27-50/h1-44H. The molecule has 0 radical (unpaired) electrons. The van der Waals surface area contributed by atoms with E-state index in [1.807, 2.05) is 0 Å². The van der Waals surface area contributed by atoms with Gasteiger partial charge < -0.3 is 0 Å². The van der Waals surface area contributed by atoms with E-state index in [0.717, 1.165) is 82.8 Å². The van der Waals surface area contributed by atoms with Crippen molar-refractivity contribution >= 4 is 96.3 Å². The second kappa shape index (κ2) is 16.8. The van der Waals surface area contributed by atoms with E-state index in [-0.39, 0.29) is 0 Å². The molecule has 0 aliphatic heterocycles. The summed E-state index contributed by atoms with van der Waals surface area (Å²) in [7, 11) is 0. The van der Waals surface area contributed by atoms with Gasteiger partial charge >= 0.3 is 422 Å². The number of nitrogens with zero attached hydrogens (tertiary/aromatic N) is 4. The summed E-state index contributed by atoms with van der Waals surface area (Å²) in [5, 5.41) is 18.8. The van der Waals surface area contributed by atoms with Crippen LogP contribution in [0.25, 0.3) is 93.6 Å². The van der Waals surface area contributed by atoms with Gasteiger partial charge in [-0.05, 0) is 0 Å². The second-order valence-electron chi connectivity index (χ2n) is 18.7. The van der Waals surface area contributed by atoms with Crippen LogP contribution in [0, 0.1) is 11.3 Å². The number of fused-ring (bicyclic) bond motifs is 9. The predicted molar refractivity (Wildman–Crippen MR) is 303 cm³/mol. The Hall–Kier alpha value is -9.15. The molecule has 0 saturated heterocycles. The van der Waals surface area contributed by atoms with E-state index in [9.17, 15) is 5.26 Å². The van der Waals surface area contributed by atoms with Crippen molar-refractivity contribution in [2.45, 2.75) is 0 Å². The van der Waals surface area contributed by atoms with Crippen LogP contribution in [-0.4, -0.2) is 27.0 Å². The van der Waals surface area contributed by atoms with Gasteiger partial charge in [0, 0.05) is 0 Å². The van der Waals surface area contributed by atoms with Crippen LogP contribution in [0.2, 0.25) is 0 Å². The first-order valence-corrected chi connectivity index (χ1v) is 28.8. The van der Waals surface area contributed by atoms with Crippen LogP contribution in [0.15, 0.2) is 267 Å². The predicted octanol–water partition coefficient (Wildman–Crippen LogP) is 13.9. The van der Waals surface area contributed by atoms with Crippen molar-refractivity contribution < 1.29 is 0 Å². The zero-order chi connectivity index (χ0) is 47.8. The van der Waals surface area contributed by atoms with Crippen molar-refractivity contribution in [3.05, 3.63) is 272 Å². The molecular weight excluding hydrogens is 933 g/mol. The van der Waals surface area contributed by atoms with Gasteiger partial charge in [0.05, 0.1) is 0 Å². The fourth-order valence-corrected chi connectivity index (χ4v) is 22.1. The van der Waals surface area contributed by atoms with Crippen molar-refractivity contribution in [2.24, 2.45) is 0 Å². The van der Waals surface area contributed by atoms with Gasteiger partial charge in [0.15, 0.2) is 0 Å². The third-order valence-electron chi connectivity index (χ3n) is 15.0. The van der Waals surface area contributed by atoms with Crippen LogP contribution in [0.3, 0.4) is 0 Å². The van der Waals surface area contributed by atoms with Crippen molar-refractivity contribution in [1.29, 1.82) is 5.26 Å².